The maximum atomic E-state index is 13.6. The van der Waals surface area contributed by atoms with E-state index in [1.165, 1.54) is 11.3 Å². The Morgan fingerprint density at radius 2 is 1.93 bits per heavy atom. The smallest absolute Gasteiger partial charge is 0.238 e. The molecule has 1 aliphatic rings. The van der Waals surface area contributed by atoms with Crippen LogP contribution in [0.4, 0.5) is 16.5 Å². The van der Waals surface area contributed by atoms with Crippen molar-refractivity contribution in [1.82, 2.24) is 4.98 Å². The molecule has 2 aromatic carbocycles. The summed E-state index contributed by atoms with van der Waals surface area (Å²) in [5.41, 5.74) is 2.31. The molecule has 0 saturated carbocycles. The Balaban J connectivity index is 1.63. The number of amides is 2. The van der Waals surface area contributed by atoms with Gasteiger partial charge < -0.3 is 9.64 Å². The van der Waals surface area contributed by atoms with Gasteiger partial charge in [0, 0.05) is 18.3 Å². The third kappa shape index (κ3) is 3.93. The van der Waals surface area contributed by atoms with Crippen molar-refractivity contribution in [3.63, 3.8) is 0 Å². The topological polar surface area (TPSA) is 62.7 Å². The molecule has 1 unspecified atom stereocenters. The second-order valence-electron chi connectivity index (χ2n) is 7.09. The molecule has 30 heavy (non-hydrogen) atoms. The van der Waals surface area contributed by atoms with Crippen LogP contribution in [0.5, 0.6) is 5.75 Å². The summed E-state index contributed by atoms with van der Waals surface area (Å²) in [6.07, 6.45) is 0.160. The molecule has 3 aromatic rings. The fourth-order valence-electron chi connectivity index (χ4n) is 3.60. The maximum Gasteiger partial charge on any atom is 0.238 e. The lowest BCUT2D eigenvalue weighted by atomic mass is 10.1. The Hall–Kier alpha value is -3.19. The van der Waals surface area contributed by atoms with Crippen LogP contribution in [0.25, 0.3) is 0 Å². The molecule has 0 radical (unpaired) electrons. The summed E-state index contributed by atoms with van der Waals surface area (Å²) in [6.45, 7) is 4.63. The Bertz CT molecular complexity index is 1050. The van der Waals surface area contributed by atoms with Crippen LogP contribution < -0.4 is 14.5 Å². The van der Waals surface area contributed by atoms with Gasteiger partial charge in [-0.2, -0.15) is 0 Å². The quantitative estimate of drug-likeness (QED) is 0.585. The predicted molar refractivity (Wildman–Crippen MR) is 119 cm³/mol. The van der Waals surface area contributed by atoms with Crippen molar-refractivity contribution in [3.8, 4) is 5.75 Å². The van der Waals surface area contributed by atoms with E-state index >= 15 is 0 Å². The van der Waals surface area contributed by atoms with E-state index in [0.29, 0.717) is 29.7 Å². The molecule has 4 rings (SSSR count). The third-order valence-corrected chi connectivity index (χ3v) is 5.91. The minimum absolute atomic E-state index is 0.0798. The standard InChI is InChI=1S/C23H23N3O3S/c1-3-29-20-12-8-7-11-19(20)25-14-17(13-21(25)27)22(28)26(18-9-5-4-6-10-18)23-24-16(2)15-30-23/h4-12,15,17H,3,13-14H2,1-2H3. The molecular formula is C23H23N3O3S. The average Bonchev–Trinajstić information content (AvgIpc) is 3.35. The maximum absolute atomic E-state index is 13.6. The van der Waals surface area contributed by atoms with Crippen molar-refractivity contribution in [2.75, 3.05) is 23.0 Å². The van der Waals surface area contributed by atoms with Crippen LogP contribution in [0.2, 0.25) is 0 Å². The van der Waals surface area contributed by atoms with Crippen LogP contribution in [0, 0.1) is 12.8 Å². The minimum atomic E-state index is -0.461. The van der Waals surface area contributed by atoms with Crippen molar-refractivity contribution >= 4 is 39.7 Å². The Labute approximate surface area is 179 Å². The monoisotopic (exact) mass is 421 g/mol. The predicted octanol–water partition coefficient (Wildman–Crippen LogP) is 4.57. The van der Waals surface area contributed by atoms with Gasteiger partial charge in [0.25, 0.3) is 0 Å². The summed E-state index contributed by atoms with van der Waals surface area (Å²) in [7, 11) is 0. The molecule has 0 spiro atoms. The first-order valence-corrected chi connectivity index (χ1v) is 10.8. The largest absolute Gasteiger partial charge is 0.492 e. The molecule has 7 heteroatoms. The lowest BCUT2D eigenvalue weighted by Gasteiger charge is -2.24. The first-order chi connectivity index (χ1) is 14.6. The van der Waals surface area contributed by atoms with Gasteiger partial charge in [0.15, 0.2) is 5.13 Å². The van der Waals surface area contributed by atoms with E-state index in [1.807, 2.05) is 73.8 Å². The van der Waals surface area contributed by atoms with Crippen molar-refractivity contribution < 1.29 is 14.3 Å². The summed E-state index contributed by atoms with van der Waals surface area (Å²) < 4.78 is 5.68. The van der Waals surface area contributed by atoms with Crippen molar-refractivity contribution in [1.29, 1.82) is 0 Å². The highest BCUT2D eigenvalue weighted by molar-refractivity contribution is 7.14. The number of rotatable bonds is 6. The zero-order valence-electron chi connectivity index (χ0n) is 16.9. The van der Waals surface area contributed by atoms with Crippen LogP contribution in [-0.2, 0) is 9.59 Å². The molecule has 1 atom stereocenters. The number of aromatic nitrogens is 1. The number of aryl methyl sites for hydroxylation is 1. The van der Waals surface area contributed by atoms with E-state index < -0.39 is 5.92 Å². The summed E-state index contributed by atoms with van der Waals surface area (Å²) in [5, 5.41) is 2.53. The van der Waals surface area contributed by atoms with E-state index in [4.69, 9.17) is 4.74 Å². The molecule has 0 bridgehead atoms. The second-order valence-corrected chi connectivity index (χ2v) is 7.92. The van der Waals surface area contributed by atoms with Crippen molar-refractivity contribution in [3.05, 3.63) is 65.7 Å². The molecule has 2 heterocycles. The number of anilines is 3. The van der Waals surface area contributed by atoms with Gasteiger partial charge in [0.05, 0.1) is 29.6 Å². The lowest BCUT2D eigenvalue weighted by Crippen LogP contribution is -2.34. The number of thiazole rings is 1. The van der Waals surface area contributed by atoms with E-state index in [0.717, 1.165) is 11.4 Å². The third-order valence-electron chi connectivity index (χ3n) is 4.96. The summed E-state index contributed by atoms with van der Waals surface area (Å²) in [5.74, 6) is -0.0161. The van der Waals surface area contributed by atoms with E-state index in [9.17, 15) is 9.59 Å². The molecule has 1 aromatic heterocycles. The molecule has 1 aliphatic heterocycles. The van der Waals surface area contributed by atoms with Gasteiger partial charge in [0.1, 0.15) is 5.75 Å². The Kier molecular flexibility index (Phi) is 5.81. The fourth-order valence-corrected chi connectivity index (χ4v) is 4.43. The molecular weight excluding hydrogens is 398 g/mol. The second kappa shape index (κ2) is 8.67. The lowest BCUT2D eigenvalue weighted by molar-refractivity contribution is -0.123. The highest BCUT2D eigenvalue weighted by atomic mass is 32.1. The van der Waals surface area contributed by atoms with E-state index in [-0.39, 0.29) is 18.2 Å². The first-order valence-electron chi connectivity index (χ1n) is 9.91. The molecule has 1 saturated heterocycles. The normalized spacial score (nSPS) is 16.0. The van der Waals surface area contributed by atoms with Crippen LogP contribution in [0.3, 0.4) is 0 Å². The minimum Gasteiger partial charge on any atom is -0.492 e. The number of carbonyl (C=O) groups is 2. The number of hydrogen-bond acceptors (Lipinski definition) is 5. The highest BCUT2D eigenvalue weighted by Gasteiger charge is 2.39. The number of para-hydroxylation sites is 3. The van der Waals surface area contributed by atoms with Gasteiger partial charge in [-0.1, -0.05) is 30.3 Å². The van der Waals surface area contributed by atoms with Gasteiger partial charge in [-0.05, 0) is 38.1 Å². The summed E-state index contributed by atoms with van der Waals surface area (Å²) in [6, 6.07) is 16.9. The molecule has 6 nitrogen and oxygen atoms in total. The molecule has 1 fully saturated rings. The Morgan fingerprint density at radius 3 is 2.63 bits per heavy atom. The summed E-state index contributed by atoms with van der Waals surface area (Å²) >= 11 is 1.42. The fraction of sp³-hybridized carbons (Fsp3) is 0.261. The number of ether oxygens (including phenoxy) is 1. The van der Waals surface area contributed by atoms with E-state index in [2.05, 4.69) is 4.98 Å². The van der Waals surface area contributed by atoms with Crippen LogP contribution in [0.1, 0.15) is 19.0 Å². The molecule has 154 valence electrons. The number of carbonyl (C=O) groups excluding carboxylic acids is 2. The molecule has 0 N–H and O–H groups in total. The van der Waals surface area contributed by atoms with Crippen LogP contribution in [0.15, 0.2) is 60.0 Å². The van der Waals surface area contributed by atoms with Crippen molar-refractivity contribution in [2.45, 2.75) is 20.3 Å². The zero-order chi connectivity index (χ0) is 21.1. The number of hydrogen-bond donors (Lipinski definition) is 0. The van der Waals surface area contributed by atoms with Gasteiger partial charge in [-0.3, -0.25) is 14.5 Å². The van der Waals surface area contributed by atoms with Gasteiger partial charge >= 0.3 is 0 Å². The molecule has 2 amide bonds. The van der Waals surface area contributed by atoms with Crippen LogP contribution in [-0.4, -0.2) is 29.9 Å². The van der Waals surface area contributed by atoms with Gasteiger partial charge in [-0.25, -0.2) is 4.98 Å². The van der Waals surface area contributed by atoms with Gasteiger partial charge in [0.2, 0.25) is 11.8 Å². The Morgan fingerprint density at radius 1 is 1.20 bits per heavy atom. The number of nitrogens with zero attached hydrogens (tertiary/aromatic N) is 3. The van der Waals surface area contributed by atoms with Crippen molar-refractivity contribution in [2.24, 2.45) is 5.92 Å². The van der Waals surface area contributed by atoms with Gasteiger partial charge in [-0.15, -0.1) is 11.3 Å². The first kappa shape index (κ1) is 20.1. The van der Waals surface area contributed by atoms with E-state index in [1.54, 1.807) is 9.80 Å². The SMILES string of the molecule is CCOc1ccccc1N1CC(C(=O)N(c2ccccc2)c2nc(C)cs2)CC1=O. The molecule has 0 aliphatic carbocycles. The average molecular weight is 422 g/mol. The zero-order valence-corrected chi connectivity index (χ0v) is 17.8. The van der Waals surface area contributed by atoms with Crippen LogP contribution >= 0.6 is 11.3 Å². The highest BCUT2D eigenvalue weighted by Crippen LogP contribution is 2.36. The summed E-state index contributed by atoms with van der Waals surface area (Å²) in [4.78, 5) is 34.2. The number of benzene rings is 2.